The first-order chi connectivity index (χ1) is 9.16. The van der Waals surface area contributed by atoms with E-state index in [1.807, 2.05) is 37.3 Å². The van der Waals surface area contributed by atoms with Crippen LogP contribution in [0.3, 0.4) is 0 Å². The van der Waals surface area contributed by atoms with Crippen LogP contribution in [0.4, 0.5) is 5.69 Å². The number of nitrogens with zero attached hydrogens (tertiary/aromatic N) is 1. The monoisotopic (exact) mass is 272 g/mol. The van der Waals surface area contributed by atoms with Gasteiger partial charge in [-0.25, -0.2) is 0 Å². The molecule has 0 bridgehead atoms. The van der Waals surface area contributed by atoms with Crippen LogP contribution in [0.25, 0.3) is 11.3 Å². The van der Waals surface area contributed by atoms with Gasteiger partial charge in [-0.15, -0.1) is 0 Å². The zero-order valence-corrected chi connectivity index (χ0v) is 11.2. The summed E-state index contributed by atoms with van der Waals surface area (Å²) >= 11 is 1.25. The van der Waals surface area contributed by atoms with E-state index in [0.29, 0.717) is 11.5 Å². The van der Waals surface area contributed by atoms with Gasteiger partial charge in [-0.05, 0) is 36.8 Å². The van der Waals surface area contributed by atoms with Gasteiger partial charge >= 0.3 is 0 Å². The number of furan rings is 1. The quantitative estimate of drug-likeness (QED) is 0.912. The van der Waals surface area contributed by atoms with Crippen LogP contribution in [0.15, 0.2) is 41.0 Å². The van der Waals surface area contributed by atoms with Gasteiger partial charge < -0.3 is 4.42 Å². The van der Waals surface area contributed by atoms with E-state index < -0.39 is 0 Å². The van der Waals surface area contributed by atoms with Crippen LogP contribution in [0, 0.1) is 12.3 Å². The Morgan fingerprint density at radius 2 is 2.21 bits per heavy atom. The van der Waals surface area contributed by atoms with Crippen molar-refractivity contribution in [1.29, 1.82) is 5.41 Å². The molecule has 19 heavy (non-hydrogen) atoms. The maximum Gasteiger partial charge on any atom is 0.243 e. The lowest BCUT2D eigenvalue weighted by atomic mass is 10.1. The molecule has 1 aromatic carbocycles. The number of carbonyl (C=O) groups is 1. The van der Waals surface area contributed by atoms with E-state index in [9.17, 15) is 4.79 Å². The van der Waals surface area contributed by atoms with Gasteiger partial charge in [0.2, 0.25) is 5.91 Å². The van der Waals surface area contributed by atoms with E-state index in [1.165, 1.54) is 16.7 Å². The van der Waals surface area contributed by atoms with Gasteiger partial charge in [0.05, 0.1) is 17.7 Å². The molecule has 0 unspecified atom stereocenters. The van der Waals surface area contributed by atoms with Crippen LogP contribution in [-0.2, 0) is 4.79 Å². The number of benzene rings is 1. The fourth-order valence-electron chi connectivity index (χ4n) is 2.08. The Balaban J connectivity index is 2.17. The largest absolute Gasteiger partial charge is 0.464 e. The SMILES string of the molecule is Cc1ccc(-c2ccco2)c(N2C(=N)SCC2=O)c1. The van der Waals surface area contributed by atoms with Gasteiger partial charge in [0.25, 0.3) is 0 Å². The summed E-state index contributed by atoms with van der Waals surface area (Å²) in [5.41, 5.74) is 2.59. The van der Waals surface area contributed by atoms with Gasteiger partial charge in [0.1, 0.15) is 5.76 Å². The van der Waals surface area contributed by atoms with Crippen molar-refractivity contribution in [2.24, 2.45) is 0 Å². The Bertz CT molecular complexity index is 633. The molecule has 1 aliphatic heterocycles. The standard InChI is InChI=1S/C14H12N2O2S/c1-9-4-5-10(12-3-2-6-18-12)11(7-9)16-13(17)8-19-14(16)15/h2-7,15H,8H2,1H3. The highest BCUT2D eigenvalue weighted by Gasteiger charge is 2.30. The van der Waals surface area contributed by atoms with E-state index >= 15 is 0 Å². The van der Waals surface area contributed by atoms with E-state index in [0.717, 1.165) is 16.8 Å². The van der Waals surface area contributed by atoms with Crippen molar-refractivity contribution < 1.29 is 9.21 Å². The van der Waals surface area contributed by atoms with Crippen molar-refractivity contribution in [2.75, 3.05) is 10.7 Å². The molecule has 1 aliphatic rings. The minimum Gasteiger partial charge on any atom is -0.464 e. The smallest absolute Gasteiger partial charge is 0.243 e. The molecular weight excluding hydrogens is 260 g/mol. The summed E-state index contributed by atoms with van der Waals surface area (Å²) in [6.45, 7) is 1.97. The molecule has 4 nitrogen and oxygen atoms in total. The van der Waals surface area contributed by atoms with Gasteiger partial charge in [-0.2, -0.15) is 0 Å². The fourth-order valence-corrected chi connectivity index (χ4v) is 2.80. The zero-order chi connectivity index (χ0) is 13.4. The third-order valence-electron chi connectivity index (χ3n) is 2.97. The van der Waals surface area contributed by atoms with E-state index in [4.69, 9.17) is 9.83 Å². The molecule has 2 heterocycles. The Hall–Kier alpha value is -2.01. The summed E-state index contributed by atoms with van der Waals surface area (Å²) in [6.07, 6.45) is 1.60. The highest BCUT2D eigenvalue weighted by atomic mass is 32.2. The second kappa shape index (κ2) is 4.59. The second-order valence-electron chi connectivity index (χ2n) is 4.32. The Morgan fingerprint density at radius 3 is 2.84 bits per heavy atom. The summed E-state index contributed by atoms with van der Waals surface area (Å²) in [4.78, 5) is 13.4. The summed E-state index contributed by atoms with van der Waals surface area (Å²) in [5, 5.41) is 8.17. The lowest BCUT2D eigenvalue weighted by Crippen LogP contribution is -2.29. The number of carbonyl (C=O) groups excluding carboxylic acids is 1. The number of hydrogen-bond acceptors (Lipinski definition) is 4. The number of thioether (sulfide) groups is 1. The molecule has 1 amide bonds. The number of anilines is 1. The number of rotatable bonds is 2. The Kier molecular flexibility index (Phi) is 2.91. The number of hydrogen-bond donors (Lipinski definition) is 1. The van der Waals surface area contributed by atoms with Crippen LogP contribution >= 0.6 is 11.8 Å². The molecule has 3 rings (SSSR count). The van der Waals surface area contributed by atoms with Gasteiger partial charge in [-0.1, -0.05) is 17.8 Å². The van der Waals surface area contributed by atoms with Gasteiger partial charge in [0, 0.05) is 5.56 Å². The summed E-state index contributed by atoms with van der Waals surface area (Å²) < 4.78 is 5.41. The number of aryl methyl sites for hydroxylation is 1. The van der Waals surface area contributed by atoms with E-state index in [2.05, 4.69) is 0 Å². The minimum atomic E-state index is -0.0617. The lowest BCUT2D eigenvalue weighted by molar-refractivity contribution is -0.115. The first-order valence-corrected chi connectivity index (χ1v) is 6.84. The maximum absolute atomic E-state index is 12.0. The predicted molar refractivity (Wildman–Crippen MR) is 76.6 cm³/mol. The van der Waals surface area contributed by atoms with Crippen LogP contribution < -0.4 is 4.90 Å². The van der Waals surface area contributed by atoms with Crippen molar-refractivity contribution in [3.8, 4) is 11.3 Å². The molecule has 1 aromatic heterocycles. The highest BCUT2D eigenvalue weighted by molar-refractivity contribution is 8.15. The second-order valence-corrected chi connectivity index (χ2v) is 5.28. The summed E-state index contributed by atoms with van der Waals surface area (Å²) in [7, 11) is 0. The number of nitrogens with one attached hydrogen (secondary N) is 1. The molecule has 0 aliphatic carbocycles. The van der Waals surface area contributed by atoms with Gasteiger partial charge in [0.15, 0.2) is 5.17 Å². The molecule has 0 radical (unpaired) electrons. The molecule has 1 saturated heterocycles. The first kappa shape index (κ1) is 12.0. The van der Waals surface area contributed by atoms with Crippen molar-refractivity contribution >= 4 is 28.5 Å². The highest BCUT2D eigenvalue weighted by Crippen LogP contribution is 2.35. The van der Waals surface area contributed by atoms with Crippen molar-refractivity contribution in [3.05, 3.63) is 42.2 Å². The van der Waals surface area contributed by atoms with Crippen molar-refractivity contribution in [1.82, 2.24) is 0 Å². The summed E-state index contributed by atoms with van der Waals surface area (Å²) in [6, 6.07) is 9.47. The molecule has 0 atom stereocenters. The van der Waals surface area contributed by atoms with Crippen LogP contribution in [0.5, 0.6) is 0 Å². The topological polar surface area (TPSA) is 57.3 Å². The molecule has 5 heteroatoms. The first-order valence-electron chi connectivity index (χ1n) is 5.85. The van der Waals surface area contributed by atoms with Gasteiger partial charge in [-0.3, -0.25) is 15.1 Å². The summed E-state index contributed by atoms with van der Waals surface area (Å²) in [5.74, 6) is 0.964. The van der Waals surface area contributed by atoms with Crippen LogP contribution in [0.1, 0.15) is 5.56 Å². The fraction of sp³-hybridized carbons (Fsp3) is 0.143. The molecule has 0 saturated carbocycles. The molecule has 96 valence electrons. The van der Waals surface area contributed by atoms with Crippen LogP contribution in [-0.4, -0.2) is 16.8 Å². The van der Waals surface area contributed by atoms with Crippen LogP contribution in [0.2, 0.25) is 0 Å². The third kappa shape index (κ3) is 2.06. The predicted octanol–water partition coefficient (Wildman–Crippen LogP) is 3.27. The Morgan fingerprint density at radius 1 is 1.37 bits per heavy atom. The lowest BCUT2D eigenvalue weighted by Gasteiger charge is -2.18. The Labute approximate surface area is 114 Å². The average Bonchev–Trinajstić information content (AvgIpc) is 3.00. The van der Waals surface area contributed by atoms with E-state index in [-0.39, 0.29) is 11.1 Å². The normalized spacial score (nSPS) is 15.3. The average molecular weight is 272 g/mol. The molecule has 1 fully saturated rings. The van der Waals surface area contributed by atoms with Crippen molar-refractivity contribution in [2.45, 2.75) is 6.92 Å². The number of amidine groups is 1. The molecule has 0 spiro atoms. The maximum atomic E-state index is 12.0. The van der Waals surface area contributed by atoms with Crippen molar-refractivity contribution in [3.63, 3.8) is 0 Å². The molecular formula is C14H12N2O2S. The number of amides is 1. The zero-order valence-electron chi connectivity index (χ0n) is 10.3. The third-order valence-corrected chi connectivity index (χ3v) is 3.81. The molecule has 2 aromatic rings. The van der Waals surface area contributed by atoms with E-state index in [1.54, 1.807) is 6.26 Å². The molecule has 1 N–H and O–H groups in total. The minimum absolute atomic E-state index is 0.0617.